The molecule has 0 saturated heterocycles. The van der Waals surface area contributed by atoms with E-state index in [9.17, 15) is 0 Å². The van der Waals surface area contributed by atoms with Gasteiger partial charge in [-0.1, -0.05) is 11.2 Å². The van der Waals surface area contributed by atoms with Crippen molar-refractivity contribution in [3.05, 3.63) is 35.9 Å². The van der Waals surface area contributed by atoms with Crippen LogP contribution in [0, 0.1) is 0 Å². The highest BCUT2D eigenvalue weighted by Gasteiger charge is 2.14. The fourth-order valence-electron chi connectivity index (χ4n) is 1.36. The van der Waals surface area contributed by atoms with Gasteiger partial charge in [0.05, 0.1) is 6.42 Å². The lowest BCUT2D eigenvalue weighted by Crippen LogP contribution is -2.26. The molecule has 2 aromatic heterocycles. The molecule has 17 heavy (non-hydrogen) atoms. The van der Waals surface area contributed by atoms with Crippen LogP contribution >= 0.6 is 0 Å². The van der Waals surface area contributed by atoms with Gasteiger partial charge in [0.2, 0.25) is 0 Å². The highest BCUT2D eigenvalue weighted by molar-refractivity contribution is 5.23. The summed E-state index contributed by atoms with van der Waals surface area (Å²) in [6.45, 7) is 6.11. The molecule has 0 unspecified atom stereocenters. The molecule has 5 nitrogen and oxygen atoms in total. The van der Waals surface area contributed by atoms with E-state index in [4.69, 9.17) is 4.52 Å². The summed E-state index contributed by atoms with van der Waals surface area (Å²) in [4.78, 5) is 8.48. The summed E-state index contributed by atoms with van der Waals surface area (Å²) in [5.41, 5.74) is 0.838. The Morgan fingerprint density at radius 2 is 2.12 bits per heavy atom. The van der Waals surface area contributed by atoms with E-state index in [0.29, 0.717) is 18.3 Å². The highest BCUT2D eigenvalue weighted by Crippen LogP contribution is 2.13. The molecule has 0 aliphatic carbocycles. The van der Waals surface area contributed by atoms with Crippen molar-refractivity contribution in [2.75, 3.05) is 5.32 Å². The zero-order chi connectivity index (χ0) is 12.3. The maximum absolute atomic E-state index is 5.11. The smallest absolute Gasteiger partial charge is 0.321 e. The van der Waals surface area contributed by atoms with Gasteiger partial charge in [0.15, 0.2) is 5.82 Å². The summed E-state index contributed by atoms with van der Waals surface area (Å²) >= 11 is 0. The lowest BCUT2D eigenvalue weighted by atomic mass is 10.1. The van der Waals surface area contributed by atoms with Crippen molar-refractivity contribution in [1.29, 1.82) is 0 Å². The Kier molecular flexibility index (Phi) is 3.08. The number of hydrogen-bond donors (Lipinski definition) is 1. The SMILES string of the molecule is CC(C)(C)Nc1nc(Cc2ccccn2)no1. The second-order valence-corrected chi connectivity index (χ2v) is 4.89. The van der Waals surface area contributed by atoms with E-state index in [1.807, 2.05) is 39.0 Å². The van der Waals surface area contributed by atoms with E-state index < -0.39 is 0 Å². The fourth-order valence-corrected chi connectivity index (χ4v) is 1.36. The summed E-state index contributed by atoms with van der Waals surface area (Å²) in [5, 5.41) is 7.03. The Labute approximate surface area is 100 Å². The molecule has 0 radical (unpaired) electrons. The summed E-state index contributed by atoms with van der Waals surface area (Å²) in [6, 6.07) is 6.21. The molecule has 2 rings (SSSR count). The van der Waals surface area contributed by atoms with Crippen molar-refractivity contribution in [2.24, 2.45) is 0 Å². The van der Waals surface area contributed by atoms with Gasteiger partial charge in [-0.2, -0.15) is 4.98 Å². The number of anilines is 1. The quantitative estimate of drug-likeness (QED) is 0.879. The lowest BCUT2D eigenvalue weighted by Gasteiger charge is -2.17. The van der Waals surface area contributed by atoms with Gasteiger partial charge in [-0.05, 0) is 32.9 Å². The maximum Gasteiger partial charge on any atom is 0.321 e. The van der Waals surface area contributed by atoms with Crippen LogP contribution in [0.3, 0.4) is 0 Å². The first-order valence-corrected chi connectivity index (χ1v) is 5.54. The summed E-state index contributed by atoms with van der Waals surface area (Å²) in [7, 11) is 0. The predicted octanol–water partition coefficient (Wildman–Crippen LogP) is 2.27. The molecule has 0 spiro atoms. The number of nitrogens with zero attached hydrogens (tertiary/aromatic N) is 3. The fraction of sp³-hybridized carbons (Fsp3) is 0.417. The standard InChI is InChI=1S/C12H16N4O/c1-12(2,3)15-11-14-10(16-17-11)8-9-6-4-5-7-13-9/h4-7H,8H2,1-3H3,(H,14,15,16). The van der Waals surface area contributed by atoms with Crippen LogP contribution < -0.4 is 5.32 Å². The second-order valence-electron chi connectivity index (χ2n) is 4.89. The van der Waals surface area contributed by atoms with Crippen molar-refractivity contribution in [1.82, 2.24) is 15.1 Å². The topological polar surface area (TPSA) is 63.8 Å². The number of rotatable bonds is 3. The van der Waals surface area contributed by atoms with Crippen LogP contribution in [-0.4, -0.2) is 20.7 Å². The van der Waals surface area contributed by atoms with Gasteiger partial charge in [-0.15, -0.1) is 0 Å². The van der Waals surface area contributed by atoms with Crippen LogP contribution in [0.25, 0.3) is 0 Å². The van der Waals surface area contributed by atoms with E-state index in [0.717, 1.165) is 5.69 Å². The van der Waals surface area contributed by atoms with Crippen LogP contribution in [0.2, 0.25) is 0 Å². The Balaban J connectivity index is 2.04. The van der Waals surface area contributed by atoms with Crippen molar-refractivity contribution in [3.8, 4) is 0 Å². The molecule has 2 heterocycles. The Bertz CT molecular complexity index is 473. The normalized spacial score (nSPS) is 11.5. The number of nitrogens with one attached hydrogen (secondary N) is 1. The molecule has 0 aromatic carbocycles. The minimum atomic E-state index is -0.0885. The van der Waals surface area contributed by atoms with Crippen molar-refractivity contribution >= 4 is 6.01 Å². The number of pyridine rings is 1. The van der Waals surface area contributed by atoms with Crippen LogP contribution in [0.5, 0.6) is 0 Å². The Morgan fingerprint density at radius 1 is 1.29 bits per heavy atom. The van der Waals surface area contributed by atoms with E-state index in [2.05, 4.69) is 20.4 Å². The van der Waals surface area contributed by atoms with Crippen LogP contribution in [0.4, 0.5) is 6.01 Å². The molecule has 0 aliphatic rings. The van der Waals surface area contributed by atoms with Crippen LogP contribution in [-0.2, 0) is 6.42 Å². The second kappa shape index (κ2) is 4.53. The molecular formula is C12H16N4O. The molecule has 0 aliphatic heterocycles. The molecule has 0 fully saturated rings. The Hall–Kier alpha value is -1.91. The van der Waals surface area contributed by atoms with Gasteiger partial charge in [-0.3, -0.25) is 4.98 Å². The highest BCUT2D eigenvalue weighted by atomic mass is 16.5. The first kappa shape index (κ1) is 11.6. The van der Waals surface area contributed by atoms with Gasteiger partial charge in [0.1, 0.15) is 0 Å². The molecule has 2 aromatic rings. The van der Waals surface area contributed by atoms with E-state index in [-0.39, 0.29) is 5.54 Å². The van der Waals surface area contributed by atoms with Crippen LogP contribution in [0.15, 0.2) is 28.9 Å². The molecule has 90 valence electrons. The van der Waals surface area contributed by atoms with Crippen molar-refractivity contribution in [3.63, 3.8) is 0 Å². The number of aromatic nitrogens is 3. The lowest BCUT2D eigenvalue weighted by molar-refractivity contribution is 0.413. The summed E-state index contributed by atoms with van der Waals surface area (Å²) < 4.78 is 5.11. The maximum atomic E-state index is 5.11. The van der Waals surface area contributed by atoms with Gasteiger partial charge in [0, 0.05) is 17.4 Å². The van der Waals surface area contributed by atoms with Gasteiger partial charge < -0.3 is 9.84 Å². The van der Waals surface area contributed by atoms with Crippen molar-refractivity contribution < 1.29 is 4.52 Å². The summed E-state index contributed by atoms with van der Waals surface area (Å²) in [5.74, 6) is 0.635. The molecule has 5 heteroatoms. The third kappa shape index (κ3) is 3.55. The molecule has 0 bridgehead atoms. The minimum absolute atomic E-state index is 0.0885. The largest absolute Gasteiger partial charge is 0.333 e. The third-order valence-electron chi connectivity index (χ3n) is 2.02. The van der Waals surface area contributed by atoms with Gasteiger partial charge in [-0.25, -0.2) is 0 Å². The van der Waals surface area contributed by atoms with E-state index in [1.165, 1.54) is 0 Å². The zero-order valence-electron chi connectivity index (χ0n) is 10.3. The summed E-state index contributed by atoms with van der Waals surface area (Å²) in [6.07, 6.45) is 2.33. The third-order valence-corrected chi connectivity index (χ3v) is 2.02. The average Bonchev–Trinajstić information content (AvgIpc) is 2.64. The van der Waals surface area contributed by atoms with E-state index >= 15 is 0 Å². The van der Waals surface area contributed by atoms with Crippen LogP contribution in [0.1, 0.15) is 32.3 Å². The monoisotopic (exact) mass is 232 g/mol. The molecule has 0 saturated carbocycles. The van der Waals surface area contributed by atoms with Gasteiger partial charge >= 0.3 is 6.01 Å². The molecule has 1 N–H and O–H groups in total. The molecular weight excluding hydrogens is 216 g/mol. The zero-order valence-corrected chi connectivity index (χ0v) is 10.3. The minimum Gasteiger partial charge on any atom is -0.333 e. The average molecular weight is 232 g/mol. The number of hydrogen-bond acceptors (Lipinski definition) is 5. The molecule has 0 amide bonds. The van der Waals surface area contributed by atoms with Crippen molar-refractivity contribution in [2.45, 2.75) is 32.7 Å². The first-order valence-electron chi connectivity index (χ1n) is 5.54. The van der Waals surface area contributed by atoms with Gasteiger partial charge in [0.25, 0.3) is 0 Å². The molecule has 0 atom stereocenters. The Morgan fingerprint density at radius 3 is 2.76 bits per heavy atom. The first-order chi connectivity index (χ1) is 8.03. The van der Waals surface area contributed by atoms with E-state index in [1.54, 1.807) is 6.20 Å². The predicted molar refractivity (Wildman–Crippen MR) is 64.7 cm³/mol.